The zero-order valence-corrected chi connectivity index (χ0v) is 22.0. The molecular weight excluding hydrogens is 544 g/mol. The van der Waals surface area contributed by atoms with Crippen LogP contribution in [-0.4, -0.2) is 62.1 Å². The number of amidine groups is 1. The molecule has 34 heavy (non-hydrogen) atoms. The minimum Gasteiger partial charge on any atom is -0.490 e. The number of fused-ring (bicyclic) bond motifs is 1. The fourth-order valence-electron chi connectivity index (χ4n) is 3.89. The van der Waals surface area contributed by atoms with Crippen LogP contribution in [0.1, 0.15) is 13.8 Å². The number of benzene rings is 2. The molecule has 2 heterocycles. The highest BCUT2D eigenvalue weighted by molar-refractivity contribution is 9.10. The van der Waals surface area contributed by atoms with Gasteiger partial charge in [-0.05, 0) is 41.9 Å². The van der Waals surface area contributed by atoms with Crippen molar-refractivity contribution in [3.63, 3.8) is 0 Å². The third-order valence-corrected chi connectivity index (χ3v) is 9.11. The van der Waals surface area contributed by atoms with E-state index < -0.39 is 15.7 Å². The number of aliphatic imine (C=N–C) groups is 1. The molecule has 0 saturated carbocycles. The summed E-state index contributed by atoms with van der Waals surface area (Å²) in [6.45, 7) is 4.45. The van der Waals surface area contributed by atoms with Crippen LogP contribution in [0.3, 0.4) is 0 Å². The molecule has 0 N–H and O–H groups in total. The topological polar surface area (TPSA) is 94.5 Å². The van der Waals surface area contributed by atoms with E-state index in [4.69, 9.17) is 14.2 Å². The van der Waals surface area contributed by atoms with Gasteiger partial charge in [0.1, 0.15) is 5.75 Å². The molecule has 2 aromatic carbocycles. The Bertz CT molecular complexity index is 1190. The summed E-state index contributed by atoms with van der Waals surface area (Å²) in [5, 5.41) is 0.222. The molecule has 0 unspecified atom stereocenters. The van der Waals surface area contributed by atoms with Crippen molar-refractivity contribution in [1.29, 1.82) is 0 Å². The van der Waals surface area contributed by atoms with Gasteiger partial charge >= 0.3 is 0 Å². The summed E-state index contributed by atoms with van der Waals surface area (Å²) in [5.41, 5.74) is 0.666. The Morgan fingerprint density at radius 3 is 2.44 bits per heavy atom. The summed E-state index contributed by atoms with van der Waals surface area (Å²) in [5.74, 6) is 1.27. The third kappa shape index (κ3) is 5.52. The molecule has 8 nitrogen and oxygen atoms in total. The molecule has 182 valence electrons. The van der Waals surface area contributed by atoms with Crippen LogP contribution in [0.25, 0.3) is 0 Å². The summed E-state index contributed by atoms with van der Waals surface area (Å²) in [6.07, 6.45) is 0. The maximum Gasteiger partial charge on any atom is 0.285 e. The van der Waals surface area contributed by atoms with Crippen molar-refractivity contribution < 1.29 is 27.4 Å². The lowest BCUT2D eigenvalue weighted by Crippen LogP contribution is -2.38. The van der Waals surface area contributed by atoms with Crippen molar-refractivity contribution in [2.75, 3.05) is 36.2 Å². The maximum atomic E-state index is 12.7. The number of carbonyl (C=O) groups excluding carboxylic acids is 1. The highest BCUT2D eigenvalue weighted by Gasteiger charge is 2.50. The lowest BCUT2D eigenvalue weighted by Gasteiger charge is -2.27. The Labute approximate surface area is 211 Å². The van der Waals surface area contributed by atoms with Gasteiger partial charge < -0.3 is 19.1 Å². The molecule has 4 rings (SSSR count). The van der Waals surface area contributed by atoms with Crippen LogP contribution in [0.15, 0.2) is 51.9 Å². The Morgan fingerprint density at radius 2 is 1.76 bits per heavy atom. The van der Waals surface area contributed by atoms with E-state index in [1.54, 1.807) is 24.3 Å². The molecule has 2 aliphatic heterocycles. The molecule has 2 saturated heterocycles. The third-order valence-electron chi connectivity index (χ3n) is 5.26. The second-order valence-electron chi connectivity index (χ2n) is 7.68. The van der Waals surface area contributed by atoms with Gasteiger partial charge in [-0.2, -0.15) is 4.99 Å². The highest BCUT2D eigenvalue weighted by atomic mass is 79.9. The molecule has 2 aromatic rings. The zero-order valence-electron chi connectivity index (χ0n) is 18.8. The number of sulfone groups is 1. The molecule has 2 fully saturated rings. The van der Waals surface area contributed by atoms with Gasteiger partial charge in [-0.25, -0.2) is 8.42 Å². The van der Waals surface area contributed by atoms with Crippen molar-refractivity contribution in [1.82, 2.24) is 0 Å². The monoisotopic (exact) mass is 568 g/mol. The van der Waals surface area contributed by atoms with Gasteiger partial charge in [-0.1, -0.05) is 30.0 Å². The molecule has 0 radical (unpaired) electrons. The van der Waals surface area contributed by atoms with Gasteiger partial charge in [-0.15, -0.1) is 0 Å². The van der Waals surface area contributed by atoms with Crippen LogP contribution in [0.4, 0.5) is 5.69 Å². The average Bonchev–Trinajstić information content (AvgIpc) is 3.26. The number of carbonyl (C=O) groups is 1. The number of para-hydroxylation sites is 1. The maximum absolute atomic E-state index is 12.7. The quantitative estimate of drug-likeness (QED) is 0.472. The van der Waals surface area contributed by atoms with Crippen molar-refractivity contribution in [2.45, 2.75) is 25.1 Å². The lowest BCUT2D eigenvalue weighted by molar-refractivity contribution is -0.119. The van der Waals surface area contributed by atoms with E-state index in [0.717, 1.165) is 0 Å². The standard InChI is InChI=1S/C23H25BrN2O6S2/c1-3-30-19-10-16(24)17(11-20(19)31-4-2)26-18-13-34(28,29)14-21(18)33-23(26)25-22(27)12-32-15-8-6-5-7-9-15/h5-11,18,21H,3-4,12-14H2,1-2H3/t18-,21-/m1/s1. The second-order valence-corrected chi connectivity index (χ2v) is 11.9. The zero-order chi connectivity index (χ0) is 24.3. The average molecular weight is 569 g/mol. The van der Waals surface area contributed by atoms with Crippen molar-refractivity contribution >= 4 is 54.3 Å². The van der Waals surface area contributed by atoms with Gasteiger partial charge in [-0.3, -0.25) is 4.79 Å². The molecule has 2 aliphatic rings. The van der Waals surface area contributed by atoms with Gasteiger partial charge in [0.2, 0.25) is 0 Å². The number of hydrogen-bond acceptors (Lipinski definition) is 7. The van der Waals surface area contributed by atoms with E-state index in [-0.39, 0.29) is 29.4 Å². The number of thioether (sulfide) groups is 1. The van der Waals surface area contributed by atoms with Crippen molar-refractivity contribution in [2.24, 2.45) is 4.99 Å². The number of anilines is 1. The smallest absolute Gasteiger partial charge is 0.285 e. The summed E-state index contributed by atoms with van der Waals surface area (Å²) < 4.78 is 42.5. The Morgan fingerprint density at radius 1 is 1.09 bits per heavy atom. The van der Waals surface area contributed by atoms with Crippen LogP contribution < -0.4 is 19.1 Å². The molecule has 0 bridgehead atoms. The predicted molar refractivity (Wildman–Crippen MR) is 137 cm³/mol. The van der Waals surface area contributed by atoms with Crippen molar-refractivity contribution in [3.05, 3.63) is 46.9 Å². The van der Waals surface area contributed by atoms with Gasteiger partial charge in [0, 0.05) is 21.9 Å². The SMILES string of the molecule is CCOc1cc(Br)c(N2C(=NC(=O)COc3ccccc3)S[C@@H]3CS(=O)(=O)C[C@H]32)cc1OCC. The molecule has 1 amide bonds. The predicted octanol–water partition coefficient (Wildman–Crippen LogP) is 3.93. The minimum atomic E-state index is -3.19. The van der Waals surface area contributed by atoms with Crippen LogP contribution in [-0.2, 0) is 14.6 Å². The van der Waals surface area contributed by atoms with Gasteiger partial charge in [0.05, 0.1) is 36.4 Å². The molecular formula is C23H25BrN2O6S2. The number of rotatable bonds is 8. The van der Waals surface area contributed by atoms with E-state index in [9.17, 15) is 13.2 Å². The van der Waals surface area contributed by atoms with Gasteiger partial charge in [0.25, 0.3) is 5.91 Å². The largest absolute Gasteiger partial charge is 0.490 e. The molecule has 0 spiro atoms. The molecule has 11 heteroatoms. The number of ether oxygens (including phenoxy) is 3. The van der Waals surface area contributed by atoms with Crippen LogP contribution in [0, 0.1) is 0 Å². The van der Waals surface area contributed by atoms with E-state index >= 15 is 0 Å². The highest BCUT2D eigenvalue weighted by Crippen LogP contribution is 2.46. The number of nitrogens with zero attached hydrogens (tertiary/aromatic N) is 2. The van der Waals surface area contributed by atoms with E-state index in [1.807, 2.05) is 36.9 Å². The first-order valence-corrected chi connectivity index (χ1v) is 14.4. The second kappa shape index (κ2) is 10.6. The number of hydrogen-bond donors (Lipinski definition) is 0. The van der Waals surface area contributed by atoms with E-state index in [0.29, 0.717) is 45.8 Å². The van der Waals surface area contributed by atoms with Crippen LogP contribution >= 0.6 is 27.7 Å². The normalized spacial score (nSPS) is 22.0. The Balaban J connectivity index is 1.67. The first-order valence-electron chi connectivity index (χ1n) is 10.9. The summed E-state index contributed by atoms with van der Waals surface area (Å²) >= 11 is 4.90. The summed E-state index contributed by atoms with van der Waals surface area (Å²) in [7, 11) is -3.19. The fraction of sp³-hybridized carbons (Fsp3) is 0.391. The molecule has 0 aliphatic carbocycles. The molecule has 2 atom stereocenters. The first kappa shape index (κ1) is 24.9. The minimum absolute atomic E-state index is 0.0119. The Hall–Kier alpha value is -2.24. The fourth-order valence-corrected chi connectivity index (χ4v) is 8.33. The molecule has 0 aromatic heterocycles. The van der Waals surface area contributed by atoms with Crippen LogP contribution in [0.2, 0.25) is 0 Å². The lowest BCUT2D eigenvalue weighted by atomic mass is 10.2. The van der Waals surface area contributed by atoms with E-state index in [2.05, 4.69) is 20.9 Å². The summed E-state index contributed by atoms with van der Waals surface area (Å²) in [4.78, 5) is 18.8. The first-order chi connectivity index (χ1) is 16.3. The van der Waals surface area contributed by atoms with Crippen LogP contribution in [0.5, 0.6) is 17.2 Å². The van der Waals surface area contributed by atoms with Crippen molar-refractivity contribution in [3.8, 4) is 17.2 Å². The van der Waals surface area contributed by atoms with Gasteiger partial charge in [0.15, 0.2) is 33.1 Å². The van der Waals surface area contributed by atoms with E-state index in [1.165, 1.54) is 11.8 Å². The number of halogens is 1. The number of amides is 1. The Kier molecular flexibility index (Phi) is 7.73. The summed E-state index contributed by atoms with van der Waals surface area (Å²) in [6, 6.07) is 12.3.